The predicted octanol–water partition coefficient (Wildman–Crippen LogP) is 32.5. The van der Waals surface area contributed by atoms with E-state index in [0.29, 0.717) is 29.0 Å². The highest BCUT2D eigenvalue weighted by Crippen LogP contribution is 2.53. The Morgan fingerprint density at radius 3 is 0.906 bits per heavy atom. The summed E-state index contributed by atoms with van der Waals surface area (Å²) in [5, 5.41) is 27.5. The minimum atomic E-state index is 0.621. The zero-order chi connectivity index (χ0) is 90.2. The SMILES string of the molecule is c1ccc(-c2nc(-n3c4ccccc4c4cc5c6ccccc6n6c7ccccc7c(c43)c56)nc3c2oc2ccccc23)cc1.c1ccc(-c2nc(-n3c4ccccc4c4cc5c6ccccc6n6c7ccccc7c(c43)c56)nc3c2sc2ccccc23)cc1.c1ccc2cc(-c3nc(-n4c5ccccc5c5cc6c7ccccc7n7c8ccccc8c(c54)c67)nc4c3oc3ccccc34)ccc2c1. The Bertz CT molecular complexity index is 10900. The van der Waals surface area contributed by atoms with E-state index in [4.69, 9.17) is 38.7 Å². The summed E-state index contributed by atoms with van der Waals surface area (Å²) >= 11 is 1.77. The van der Waals surface area contributed by atoms with Crippen LogP contribution in [-0.4, -0.2) is 56.8 Å². The fourth-order valence-electron chi connectivity index (χ4n) is 23.6. The van der Waals surface area contributed by atoms with Crippen molar-refractivity contribution in [1.29, 1.82) is 0 Å². The van der Waals surface area contributed by atoms with E-state index in [1.807, 2.05) is 54.6 Å². The molecule has 0 radical (unpaired) electrons. The Morgan fingerprint density at radius 1 is 0.194 bits per heavy atom. The molecule has 15 heterocycles. The van der Waals surface area contributed by atoms with E-state index in [0.717, 1.165) is 121 Å². The standard InChI is InChI=1S/C44H24N4O.C40H22N4O.C40H22N4S/c1-2-12-26-23-27(22-21-25(26)11-1)39-43-40(31-16-6-10-20-37(31)49-43)46-44(45-39)48-35-18-8-4-14-29(35)33-24-32-28-13-3-7-17-34(28)47-36-19-9-5-15-30(36)38(41(32)47)42(33)48;2*1-2-12-23(13-3-1)35-39-36(27-17-7-11-21-33(27)45-39)42-40(41-35)44-31-19-9-5-15-25(31)29-22-28-24-14-4-8-18-30(24)43-32-20-10-6-16-26(32)34(37(28)43)38(29)44/h1-24H;2*1-22H. The van der Waals surface area contributed by atoms with Crippen LogP contribution in [-0.2, 0) is 0 Å². The molecule has 0 bridgehead atoms. The van der Waals surface area contributed by atoms with Crippen molar-refractivity contribution in [1.82, 2.24) is 56.8 Å². The van der Waals surface area contributed by atoms with Crippen molar-refractivity contribution in [3.8, 4) is 51.6 Å². The van der Waals surface area contributed by atoms with Crippen LogP contribution in [0, 0.1) is 0 Å². The van der Waals surface area contributed by atoms with Gasteiger partial charge in [-0.25, -0.2) is 29.9 Å². The summed E-state index contributed by atoms with van der Waals surface area (Å²) in [4.78, 5) is 32.3. The van der Waals surface area contributed by atoms with Crippen LogP contribution in [0.25, 0.3) is 307 Å². The average Bonchev–Trinajstić information content (AvgIpc) is 1.52. The molecule has 0 aliphatic carbocycles. The van der Waals surface area contributed by atoms with Gasteiger partial charge in [-0.1, -0.05) is 303 Å². The molecule has 0 fully saturated rings. The van der Waals surface area contributed by atoms with Gasteiger partial charge in [0.25, 0.3) is 0 Å². The lowest BCUT2D eigenvalue weighted by Gasteiger charge is -2.11. The van der Waals surface area contributed by atoms with E-state index < -0.39 is 0 Å². The maximum atomic E-state index is 6.55. The number of aromatic nitrogens is 12. The number of fused-ring (bicyclic) bond motifs is 40. The van der Waals surface area contributed by atoms with Crippen molar-refractivity contribution < 1.29 is 8.83 Å². The van der Waals surface area contributed by atoms with Crippen molar-refractivity contribution in [3.63, 3.8) is 0 Å². The highest BCUT2D eigenvalue weighted by Gasteiger charge is 2.33. The van der Waals surface area contributed by atoms with Crippen molar-refractivity contribution in [2.75, 3.05) is 0 Å². The first-order valence-electron chi connectivity index (χ1n) is 47.0. The van der Waals surface area contributed by atoms with Crippen LogP contribution in [0.2, 0.25) is 0 Å². The molecular formula is C124H68N12O2S. The largest absolute Gasteiger partial charge is 0.452 e. The number of hydrogen-bond acceptors (Lipinski definition) is 9. The first-order chi connectivity index (χ1) is 69.0. The van der Waals surface area contributed by atoms with Crippen LogP contribution < -0.4 is 0 Å². The Morgan fingerprint density at radius 2 is 0.489 bits per heavy atom. The minimum Gasteiger partial charge on any atom is -0.452 e. The molecule has 0 amide bonds. The van der Waals surface area contributed by atoms with E-state index >= 15 is 0 Å². The number of para-hydroxylation sites is 11. The molecule has 15 aromatic heterocycles. The average molecular weight is 1790 g/mol. The van der Waals surface area contributed by atoms with Gasteiger partial charge in [-0.05, 0) is 120 Å². The van der Waals surface area contributed by atoms with E-state index in [1.165, 1.54) is 157 Å². The fourth-order valence-corrected chi connectivity index (χ4v) is 24.8. The molecule has 19 aromatic carbocycles. The highest BCUT2D eigenvalue weighted by atomic mass is 32.1. The summed E-state index contributed by atoms with van der Waals surface area (Å²) in [5.74, 6) is 1.94. The van der Waals surface area contributed by atoms with Crippen molar-refractivity contribution >= 4 is 266 Å². The van der Waals surface area contributed by atoms with E-state index in [9.17, 15) is 0 Å². The second kappa shape index (κ2) is 28.0. The topological polar surface area (TPSA) is 132 Å². The van der Waals surface area contributed by atoms with E-state index in [2.05, 4.69) is 385 Å². The molecule has 0 aliphatic heterocycles. The summed E-state index contributed by atoms with van der Waals surface area (Å²) < 4.78 is 29.5. The predicted molar refractivity (Wildman–Crippen MR) is 574 cm³/mol. The summed E-state index contributed by atoms with van der Waals surface area (Å²) in [6.45, 7) is 0. The second-order valence-electron chi connectivity index (χ2n) is 36.5. The maximum absolute atomic E-state index is 6.55. The molecule has 0 unspecified atom stereocenters. The number of thiophene rings is 1. The van der Waals surface area contributed by atoms with Crippen LogP contribution in [0.1, 0.15) is 0 Å². The van der Waals surface area contributed by atoms with Crippen LogP contribution in [0.3, 0.4) is 0 Å². The number of benzene rings is 19. The molecule has 0 N–H and O–H groups in total. The summed E-state index contributed by atoms with van der Waals surface area (Å²) in [5.41, 5.74) is 28.8. The Labute approximate surface area is 790 Å². The smallest absolute Gasteiger partial charge is 0.236 e. The van der Waals surface area contributed by atoms with Crippen LogP contribution >= 0.6 is 11.3 Å². The lowest BCUT2D eigenvalue weighted by molar-refractivity contribution is 0.666. The second-order valence-corrected chi connectivity index (χ2v) is 37.6. The van der Waals surface area contributed by atoms with Gasteiger partial charge >= 0.3 is 0 Å². The monoisotopic (exact) mass is 1790 g/mol. The molecule has 34 rings (SSSR count). The Kier molecular flexibility index (Phi) is 15.1. The fraction of sp³-hybridized carbons (Fsp3) is 0. The van der Waals surface area contributed by atoms with Crippen molar-refractivity contribution in [2.45, 2.75) is 0 Å². The molecule has 15 heteroatoms. The minimum absolute atomic E-state index is 0.621. The first kappa shape index (κ1) is 74.8. The van der Waals surface area contributed by atoms with Crippen LogP contribution in [0.4, 0.5) is 0 Å². The number of rotatable bonds is 6. The van der Waals surface area contributed by atoms with Gasteiger partial charge in [0, 0.05) is 135 Å². The zero-order valence-corrected chi connectivity index (χ0v) is 74.7. The van der Waals surface area contributed by atoms with Gasteiger partial charge in [-0.3, -0.25) is 13.7 Å². The lowest BCUT2D eigenvalue weighted by atomic mass is 10.0. The Hall–Kier alpha value is -18.7. The third-order valence-electron chi connectivity index (χ3n) is 29.4. The molecule has 0 saturated heterocycles. The van der Waals surface area contributed by atoms with Gasteiger partial charge in [0.15, 0.2) is 11.2 Å². The lowest BCUT2D eigenvalue weighted by Crippen LogP contribution is -2.03. The number of furan rings is 2. The van der Waals surface area contributed by atoms with Gasteiger partial charge in [0.1, 0.15) is 33.6 Å². The zero-order valence-electron chi connectivity index (χ0n) is 73.9. The number of hydrogen-bond donors (Lipinski definition) is 0. The molecule has 0 atom stereocenters. The van der Waals surface area contributed by atoms with Crippen molar-refractivity contribution in [3.05, 3.63) is 413 Å². The normalized spacial score (nSPS) is 12.5. The maximum Gasteiger partial charge on any atom is 0.236 e. The quantitative estimate of drug-likeness (QED) is 0.161. The highest BCUT2D eigenvalue weighted by molar-refractivity contribution is 7.26. The van der Waals surface area contributed by atoms with Gasteiger partial charge in [-0.15, -0.1) is 11.3 Å². The summed E-state index contributed by atoms with van der Waals surface area (Å²) in [6, 6.07) is 146. The molecule has 642 valence electrons. The molecule has 0 aliphatic rings. The van der Waals surface area contributed by atoms with Crippen LogP contribution in [0.5, 0.6) is 0 Å². The molecule has 139 heavy (non-hydrogen) atoms. The van der Waals surface area contributed by atoms with Gasteiger partial charge in [0.2, 0.25) is 17.8 Å². The third kappa shape index (κ3) is 10.2. The van der Waals surface area contributed by atoms with Gasteiger partial charge in [-0.2, -0.15) is 0 Å². The molecule has 34 aromatic rings. The van der Waals surface area contributed by atoms with E-state index in [1.54, 1.807) is 11.3 Å². The van der Waals surface area contributed by atoms with Crippen LogP contribution in [0.15, 0.2) is 421 Å². The molecule has 0 spiro atoms. The van der Waals surface area contributed by atoms with E-state index in [-0.39, 0.29) is 0 Å². The molecular weight excluding hydrogens is 1720 g/mol. The third-order valence-corrected chi connectivity index (χ3v) is 30.5. The summed E-state index contributed by atoms with van der Waals surface area (Å²) in [6.07, 6.45) is 0. The van der Waals surface area contributed by atoms with Gasteiger partial charge in [0.05, 0.1) is 98.7 Å². The first-order valence-corrected chi connectivity index (χ1v) is 47.8. The molecule has 14 nitrogen and oxygen atoms in total. The summed E-state index contributed by atoms with van der Waals surface area (Å²) in [7, 11) is 0. The van der Waals surface area contributed by atoms with Gasteiger partial charge < -0.3 is 22.0 Å². The Balaban J connectivity index is 0.0000000946. The van der Waals surface area contributed by atoms with Crippen molar-refractivity contribution in [2.24, 2.45) is 0 Å². The molecule has 0 saturated carbocycles. The number of nitrogens with zero attached hydrogens (tertiary/aromatic N) is 12.